The molecule has 2 aromatic rings. The fourth-order valence-electron chi connectivity index (χ4n) is 4.16. The van der Waals surface area contributed by atoms with Crippen molar-refractivity contribution >= 4 is 5.96 Å². The predicted molar refractivity (Wildman–Crippen MR) is 104 cm³/mol. The van der Waals surface area contributed by atoms with Gasteiger partial charge in [-0.3, -0.25) is 4.99 Å². The van der Waals surface area contributed by atoms with Crippen LogP contribution in [0.2, 0.25) is 0 Å². The van der Waals surface area contributed by atoms with Crippen LogP contribution in [0.1, 0.15) is 24.5 Å². The SMILES string of the molecule is CCCN1C2=NC[C@H](Cc3ccccc3)N2C[C@@H]1Cc1ccccc1. The van der Waals surface area contributed by atoms with Crippen LogP contribution in [0.5, 0.6) is 0 Å². The third-order valence-electron chi connectivity index (χ3n) is 5.34. The Kier molecular flexibility index (Phi) is 4.73. The molecule has 4 rings (SSSR count). The van der Waals surface area contributed by atoms with Crippen LogP contribution >= 0.6 is 0 Å². The second-order valence-electron chi connectivity index (χ2n) is 7.17. The number of nitrogens with zero attached hydrogens (tertiary/aromatic N) is 3. The summed E-state index contributed by atoms with van der Waals surface area (Å²) < 4.78 is 0. The largest absolute Gasteiger partial charge is 0.338 e. The van der Waals surface area contributed by atoms with Crippen LogP contribution in [0.3, 0.4) is 0 Å². The van der Waals surface area contributed by atoms with E-state index in [4.69, 9.17) is 4.99 Å². The second-order valence-corrected chi connectivity index (χ2v) is 7.17. The molecule has 0 aliphatic carbocycles. The van der Waals surface area contributed by atoms with Crippen molar-refractivity contribution in [3.05, 3.63) is 71.8 Å². The lowest BCUT2D eigenvalue weighted by Gasteiger charge is -2.24. The van der Waals surface area contributed by atoms with Gasteiger partial charge in [-0.05, 0) is 30.4 Å². The molecule has 130 valence electrons. The summed E-state index contributed by atoms with van der Waals surface area (Å²) in [6.45, 7) is 5.40. The minimum Gasteiger partial charge on any atom is -0.338 e. The first-order valence-corrected chi connectivity index (χ1v) is 9.50. The van der Waals surface area contributed by atoms with E-state index < -0.39 is 0 Å². The first kappa shape index (κ1) is 16.2. The number of guanidine groups is 1. The van der Waals surface area contributed by atoms with E-state index in [1.165, 1.54) is 23.5 Å². The van der Waals surface area contributed by atoms with Crippen molar-refractivity contribution in [2.75, 3.05) is 19.6 Å². The molecule has 2 aliphatic rings. The summed E-state index contributed by atoms with van der Waals surface area (Å²) in [7, 11) is 0. The Morgan fingerprint density at radius 2 is 1.48 bits per heavy atom. The number of benzene rings is 2. The highest BCUT2D eigenvalue weighted by Gasteiger charge is 2.41. The lowest BCUT2D eigenvalue weighted by Crippen LogP contribution is -2.38. The molecule has 0 saturated carbocycles. The minimum atomic E-state index is 0.512. The zero-order valence-electron chi connectivity index (χ0n) is 15.0. The lowest BCUT2D eigenvalue weighted by atomic mass is 10.0. The molecule has 0 bridgehead atoms. The van der Waals surface area contributed by atoms with Gasteiger partial charge < -0.3 is 9.80 Å². The van der Waals surface area contributed by atoms with Crippen molar-refractivity contribution in [2.24, 2.45) is 4.99 Å². The Bertz CT molecular complexity index is 711. The Labute approximate surface area is 151 Å². The zero-order valence-corrected chi connectivity index (χ0v) is 15.0. The fraction of sp³-hybridized carbons (Fsp3) is 0.409. The molecule has 2 atom stereocenters. The van der Waals surface area contributed by atoms with Gasteiger partial charge in [0.2, 0.25) is 0 Å². The summed E-state index contributed by atoms with van der Waals surface area (Å²) in [5.74, 6) is 1.24. The van der Waals surface area contributed by atoms with E-state index >= 15 is 0 Å². The van der Waals surface area contributed by atoms with E-state index in [-0.39, 0.29) is 0 Å². The van der Waals surface area contributed by atoms with Crippen LogP contribution in [0.15, 0.2) is 65.7 Å². The molecular formula is C22H27N3. The molecule has 1 saturated heterocycles. The summed E-state index contributed by atoms with van der Waals surface area (Å²) in [5, 5.41) is 0. The van der Waals surface area contributed by atoms with Crippen LogP contribution in [0.4, 0.5) is 0 Å². The predicted octanol–water partition coefficient (Wildman–Crippen LogP) is 3.61. The van der Waals surface area contributed by atoms with Crippen LogP contribution in [-0.4, -0.2) is 47.5 Å². The van der Waals surface area contributed by atoms with Gasteiger partial charge in [0.1, 0.15) is 0 Å². The summed E-state index contributed by atoms with van der Waals surface area (Å²) in [6, 6.07) is 22.8. The van der Waals surface area contributed by atoms with Crippen LogP contribution in [0.25, 0.3) is 0 Å². The molecule has 3 heteroatoms. The molecule has 0 spiro atoms. The monoisotopic (exact) mass is 333 g/mol. The fourth-order valence-corrected chi connectivity index (χ4v) is 4.16. The summed E-state index contributed by atoms with van der Waals surface area (Å²) in [6.07, 6.45) is 3.36. The number of hydrogen-bond acceptors (Lipinski definition) is 3. The van der Waals surface area contributed by atoms with E-state index in [0.717, 1.165) is 32.5 Å². The molecule has 0 amide bonds. The highest BCUT2D eigenvalue weighted by Crippen LogP contribution is 2.27. The first-order chi connectivity index (χ1) is 12.3. The van der Waals surface area contributed by atoms with E-state index in [1.54, 1.807) is 0 Å². The third kappa shape index (κ3) is 3.41. The average Bonchev–Trinajstić information content (AvgIpc) is 3.18. The van der Waals surface area contributed by atoms with Gasteiger partial charge in [0.15, 0.2) is 5.96 Å². The van der Waals surface area contributed by atoms with Crippen molar-refractivity contribution in [3.8, 4) is 0 Å². The Balaban J connectivity index is 1.49. The maximum atomic E-state index is 4.94. The van der Waals surface area contributed by atoms with Gasteiger partial charge in [-0.2, -0.15) is 0 Å². The van der Waals surface area contributed by atoms with Crippen LogP contribution < -0.4 is 0 Å². The standard InChI is InChI=1S/C22H27N3/c1-2-13-24-21(15-19-11-7-4-8-12-19)17-25-20(16-23-22(24)25)14-18-9-5-3-6-10-18/h3-12,20-21H,2,13-17H2,1H3/t20-,21-/m0/s1. The van der Waals surface area contributed by atoms with Crippen molar-refractivity contribution < 1.29 is 0 Å². The Morgan fingerprint density at radius 3 is 2.08 bits per heavy atom. The quantitative estimate of drug-likeness (QED) is 0.804. The molecule has 2 aromatic carbocycles. The number of rotatable bonds is 6. The van der Waals surface area contributed by atoms with Gasteiger partial charge >= 0.3 is 0 Å². The number of fused-ring (bicyclic) bond motifs is 1. The molecule has 2 heterocycles. The number of aliphatic imine (C=N–C) groups is 1. The average molecular weight is 333 g/mol. The topological polar surface area (TPSA) is 18.8 Å². The van der Waals surface area contributed by atoms with Gasteiger partial charge in [0, 0.05) is 13.1 Å². The lowest BCUT2D eigenvalue weighted by molar-refractivity contribution is 0.314. The van der Waals surface area contributed by atoms with Gasteiger partial charge in [-0.1, -0.05) is 67.6 Å². The molecule has 0 N–H and O–H groups in total. The maximum absolute atomic E-state index is 4.94. The highest BCUT2D eigenvalue weighted by atomic mass is 15.5. The van der Waals surface area contributed by atoms with Crippen molar-refractivity contribution in [1.82, 2.24) is 9.80 Å². The van der Waals surface area contributed by atoms with E-state index in [0.29, 0.717) is 12.1 Å². The highest BCUT2D eigenvalue weighted by molar-refractivity contribution is 5.84. The van der Waals surface area contributed by atoms with Crippen LogP contribution in [-0.2, 0) is 12.8 Å². The summed E-state index contributed by atoms with van der Waals surface area (Å²) in [4.78, 5) is 10.1. The molecule has 0 radical (unpaired) electrons. The molecule has 1 fully saturated rings. The molecule has 3 nitrogen and oxygen atoms in total. The first-order valence-electron chi connectivity index (χ1n) is 9.50. The van der Waals surface area contributed by atoms with Gasteiger partial charge in [-0.15, -0.1) is 0 Å². The summed E-state index contributed by atoms with van der Waals surface area (Å²) in [5.41, 5.74) is 2.84. The van der Waals surface area contributed by atoms with Crippen molar-refractivity contribution in [1.29, 1.82) is 0 Å². The molecular weight excluding hydrogens is 306 g/mol. The Morgan fingerprint density at radius 1 is 0.880 bits per heavy atom. The van der Waals surface area contributed by atoms with Gasteiger partial charge in [0.05, 0.1) is 18.6 Å². The summed E-state index contributed by atoms with van der Waals surface area (Å²) >= 11 is 0. The van der Waals surface area contributed by atoms with Gasteiger partial charge in [-0.25, -0.2) is 0 Å². The molecule has 2 aliphatic heterocycles. The Hall–Kier alpha value is -2.29. The van der Waals surface area contributed by atoms with Crippen molar-refractivity contribution in [3.63, 3.8) is 0 Å². The molecule has 0 unspecified atom stereocenters. The zero-order chi connectivity index (χ0) is 17.1. The normalized spacial score (nSPS) is 22.2. The van der Waals surface area contributed by atoms with Crippen molar-refractivity contribution in [2.45, 2.75) is 38.3 Å². The van der Waals surface area contributed by atoms with E-state index in [1.807, 2.05) is 0 Å². The third-order valence-corrected chi connectivity index (χ3v) is 5.34. The maximum Gasteiger partial charge on any atom is 0.197 e. The minimum absolute atomic E-state index is 0.512. The molecule has 0 aromatic heterocycles. The molecule has 25 heavy (non-hydrogen) atoms. The second kappa shape index (κ2) is 7.30. The number of hydrogen-bond donors (Lipinski definition) is 0. The van der Waals surface area contributed by atoms with Crippen LogP contribution in [0, 0.1) is 0 Å². The van der Waals surface area contributed by atoms with Gasteiger partial charge in [0.25, 0.3) is 0 Å². The van der Waals surface area contributed by atoms with E-state index in [9.17, 15) is 0 Å². The smallest absolute Gasteiger partial charge is 0.197 e. The van der Waals surface area contributed by atoms with E-state index in [2.05, 4.69) is 77.4 Å².